The van der Waals surface area contributed by atoms with Crippen molar-refractivity contribution in [2.45, 2.75) is 58.6 Å². The maximum atomic E-state index is 14.4. The molecule has 1 aliphatic heterocycles. The summed E-state index contributed by atoms with van der Waals surface area (Å²) < 4.78 is 38.2. The number of aromatic carboxylic acids is 1. The first-order valence-corrected chi connectivity index (χ1v) is 17.9. The Morgan fingerprint density at radius 1 is 1.17 bits per heavy atom. The number of rotatable bonds is 10. The van der Waals surface area contributed by atoms with Crippen molar-refractivity contribution < 1.29 is 23.4 Å². The number of hydrogen-bond acceptors (Lipinski definition) is 4. The number of nitrogens with zero attached hydrogens (tertiary/aromatic N) is 4. The standard InChI is InChI=1S/C32H38F2N4O3Si/c1-20(2)24-13-23(14-26-28(32(39)40)18-37(30(24)26)19-41-10-11-42(4,5)6)38-9-7-8-21-12-25(22-16-35-36(3)17-22)27(31(33)34)15-29(21)38/h12-18,31H,1,7-11,19H2,2-6H3,(H,39,40). The molecule has 0 atom stereocenters. The number of alkyl halides is 2. The fraction of sp³-hybridized carbons (Fsp3) is 0.375. The van der Waals surface area contributed by atoms with Crippen molar-refractivity contribution >= 4 is 41.9 Å². The molecule has 0 bridgehead atoms. The summed E-state index contributed by atoms with van der Waals surface area (Å²) in [5, 5.41) is 14.9. The zero-order chi connectivity index (χ0) is 30.3. The number of carboxylic acids is 1. The van der Waals surface area contributed by atoms with Gasteiger partial charge in [0, 0.05) is 74.1 Å². The van der Waals surface area contributed by atoms with Crippen LogP contribution in [0.3, 0.4) is 0 Å². The Kier molecular flexibility index (Phi) is 8.13. The average Bonchev–Trinajstić information content (AvgIpc) is 3.52. The SMILES string of the molecule is C=C(C)c1cc(N2CCCc3cc(-c4cnn(C)c4)c(C(F)F)cc32)cc2c(C(=O)O)cn(COCC[Si](C)(C)C)c12. The molecule has 10 heteroatoms. The molecule has 0 radical (unpaired) electrons. The van der Waals surface area contributed by atoms with E-state index in [9.17, 15) is 18.7 Å². The zero-order valence-corrected chi connectivity index (χ0v) is 25.9. The lowest BCUT2D eigenvalue weighted by molar-refractivity contribution is 0.0696. The molecular formula is C32H38F2N4O3Si. The minimum atomic E-state index is -2.67. The van der Waals surface area contributed by atoms with E-state index in [1.54, 1.807) is 36.4 Å². The molecule has 7 nitrogen and oxygen atoms in total. The van der Waals surface area contributed by atoms with Crippen LogP contribution in [0.25, 0.3) is 27.6 Å². The van der Waals surface area contributed by atoms with Crippen molar-refractivity contribution in [1.82, 2.24) is 14.3 Å². The predicted octanol–water partition coefficient (Wildman–Crippen LogP) is 8.11. The maximum Gasteiger partial charge on any atom is 0.337 e. The maximum absolute atomic E-state index is 14.4. The summed E-state index contributed by atoms with van der Waals surface area (Å²) in [5.41, 5.74) is 5.99. The van der Waals surface area contributed by atoms with Crippen LogP contribution in [0.15, 0.2) is 49.4 Å². The predicted molar refractivity (Wildman–Crippen MR) is 167 cm³/mol. The summed E-state index contributed by atoms with van der Waals surface area (Å²) >= 11 is 0. The Hall–Kier alpha value is -3.76. The molecule has 5 rings (SSSR count). The van der Waals surface area contributed by atoms with E-state index in [-0.39, 0.29) is 17.9 Å². The minimum absolute atomic E-state index is 0.0531. The van der Waals surface area contributed by atoms with Crippen LogP contribution < -0.4 is 4.90 Å². The fourth-order valence-electron chi connectivity index (χ4n) is 5.63. The Labute approximate surface area is 246 Å². The molecule has 3 heterocycles. The summed E-state index contributed by atoms with van der Waals surface area (Å²) in [4.78, 5) is 14.4. The van der Waals surface area contributed by atoms with E-state index in [4.69, 9.17) is 4.74 Å². The van der Waals surface area contributed by atoms with Gasteiger partial charge in [-0.15, -0.1) is 0 Å². The van der Waals surface area contributed by atoms with Gasteiger partial charge in [0.15, 0.2) is 0 Å². The second kappa shape index (κ2) is 11.5. The van der Waals surface area contributed by atoms with Gasteiger partial charge in [-0.2, -0.15) is 5.10 Å². The third-order valence-electron chi connectivity index (χ3n) is 7.81. The highest BCUT2D eigenvalue weighted by atomic mass is 28.3. The van der Waals surface area contributed by atoms with Gasteiger partial charge in [-0.1, -0.05) is 26.2 Å². The van der Waals surface area contributed by atoms with Crippen LogP contribution in [-0.4, -0.2) is 46.6 Å². The van der Waals surface area contributed by atoms with Gasteiger partial charge in [0.1, 0.15) is 6.73 Å². The molecule has 0 saturated heterocycles. The number of hydrogen-bond donors (Lipinski definition) is 1. The Bertz CT molecular complexity index is 1670. The molecule has 2 aromatic carbocycles. The van der Waals surface area contributed by atoms with Gasteiger partial charge < -0.3 is 19.3 Å². The third-order valence-corrected chi connectivity index (χ3v) is 9.51. The Morgan fingerprint density at radius 2 is 1.93 bits per heavy atom. The molecule has 2 aromatic heterocycles. The zero-order valence-electron chi connectivity index (χ0n) is 24.9. The molecule has 0 amide bonds. The highest BCUT2D eigenvalue weighted by Crippen LogP contribution is 2.43. The number of fused-ring (bicyclic) bond motifs is 2. The molecule has 1 N–H and O–H groups in total. The van der Waals surface area contributed by atoms with Gasteiger partial charge in [0.2, 0.25) is 0 Å². The van der Waals surface area contributed by atoms with Crippen LogP contribution in [0.4, 0.5) is 20.2 Å². The molecule has 1 aliphatic rings. The summed E-state index contributed by atoms with van der Waals surface area (Å²) in [5.74, 6) is -1.04. The van der Waals surface area contributed by atoms with Gasteiger partial charge in [-0.05, 0) is 66.8 Å². The largest absolute Gasteiger partial charge is 0.478 e. The van der Waals surface area contributed by atoms with Crippen molar-refractivity contribution in [1.29, 1.82) is 0 Å². The molecule has 222 valence electrons. The number of carboxylic acid groups (broad SMARTS) is 1. The van der Waals surface area contributed by atoms with Crippen LogP contribution in [0, 0.1) is 0 Å². The van der Waals surface area contributed by atoms with Crippen LogP contribution in [0.1, 0.15) is 46.8 Å². The van der Waals surface area contributed by atoms with Crippen molar-refractivity contribution in [3.8, 4) is 11.1 Å². The first-order valence-electron chi connectivity index (χ1n) is 14.2. The number of benzene rings is 2. The lowest BCUT2D eigenvalue weighted by atomic mass is 9.92. The molecule has 0 unspecified atom stereocenters. The van der Waals surface area contributed by atoms with Crippen molar-refractivity contribution in [3.63, 3.8) is 0 Å². The number of ether oxygens (including phenoxy) is 1. The van der Waals surface area contributed by atoms with Gasteiger partial charge in [-0.3, -0.25) is 4.68 Å². The van der Waals surface area contributed by atoms with E-state index >= 15 is 0 Å². The lowest BCUT2D eigenvalue weighted by Crippen LogP contribution is -2.25. The molecule has 0 spiro atoms. The summed E-state index contributed by atoms with van der Waals surface area (Å²) in [6.07, 6.45) is 3.88. The second-order valence-corrected chi connectivity index (χ2v) is 18.0. The smallest absolute Gasteiger partial charge is 0.337 e. The summed E-state index contributed by atoms with van der Waals surface area (Å²) in [7, 11) is 0.485. The lowest BCUT2D eigenvalue weighted by Gasteiger charge is -2.33. The molecule has 0 fully saturated rings. The summed E-state index contributed by atoms with van der Waals surface area (Å²) in [6, 6.07) is 8.29. The van der Waals surface area contributed by atoms with E-state index in [1.807, 2.05) is 34.6 Å². The van der Waals surface area contributed by atoms with Gasteiger partial charge in [-0.25, -0.2) is 13.6 Å². The first kappa shape index (κ1) is 29.7. The van der Waals surface area contributed by atoms with E-state index in [2.05, 4.69) is 31.3 Å². The number of halogens is 2. The molecule has 0 saturated carbocycles. The summed E-state index contributed by atoms with van der Waals surface area (Å²) in [6.45, 7) is 14.4. The highest BCUT2D eigenvalue weighted by molar-refractivity contribution is 6.76. The van der Waals surface area contributed by atoms with Gasteiger partial charge in [0.05, 0.1) is 17.3 Å². The van der Waals surface area contributed by atoms with E-state index < -0.39 is 20.5 Å². The molecule has 4 aromatic rings. The average molecular weight is 593 g/mol. The van der Waals surface area contributed by atoms with Crippen LogP contribution >= 0.6 is 0 Å². The van der Waals surface area contributed by atoms with Gasteiger partial charge >= 0.3 is 5.97 Å². The van der Waals surface area contributed by atoms with E-state index in [1.165, 1.54) is 0 Å². The topological polar surface area (TPSA) is 72.5 Å². The quantitative estimate of drug-likeness (QED) is 0.149. The monoisotopic (exact) mass is 592 g/mol. The second-order valence-electron chi connectivity index (χ2n) is 12.4. The van der Waals surface area contributed by atoms with Crippen molar-refractivity contribution in [3.05, 3.63) is 71.7 Å². The number of aryl methyl sites for hydroxylation is 2. The Morgan fingerprint density at radius 3 is 2.55 bits per heavy atom. The Balaban J connectivity index is 1.61. The molecule has 42 heavy (non-hydrogen) atoms. The number of anilines is 2. The number of allylic oxidation sites excluding steroid dienone is 1. The minimum Gasteiger partial charge on any atom is -0.478 e. The van der Waals surface area contributed by atoms with Gasteiger partial charge in [0.25, 0.3) is 6.43 Å². The van der Waals surface area contributed by atoms with Crippen molar-refractivity contribution in [2.24, 2.45) is 7.05 Å². The third kappa shape index (κ3) is 5.91. The molecular weight excluding hydrogens is 554 g/mol. The van der Waals surface area contributed by atoms with Crippen LogP contribution in [0.5, 0.6) is 0 Å². The van der Waals surface area contributed by atoms with E-state index in [0.717, 1.165) is 46.8 Å². The number of aromatic nitrogens is 3. The van der Waals surface area contributed by atoms with E-state index in [0.29, 0.717) is 35.4 Å². The highest BCUT2D eigenvalue weighted by Gasteiger charge is 2.27. The van der Waals surface area contributed by atoms with Crippen LogP contribution in [0.2, 0.25) is 25.7 Å². The first-order chi connectivity index (χ1) is 19.8. The number of carbonyl (C=O) groups is 1. The fourth-order valence-corrected chi connectivity index (χ4v) is 6.38. The van der Waals surface area contributed by atoms with Crippen molar-refractivity contribution in [2.75, 3.05) is 18.1 Å². The normalized spacial score (nSPS) is 13.7. The molecule has 0 aliphatic carbocycles. The van der Waals surface area contributed by atoms with Crippen LogP contribution in [-0.2, 0) is 24.9 Å².